The number of hydrogen-bond donors (Lipinski definition) is 1. The van der Waals surface area contributed by atoms with Crippen molar-refractivity contribution in [3.63, 3.8) is 0 Å². The van der Waals surface area contributed by atoms with Crippen molar-refractivity contribution >= 4 is 5.91 Å². The monoisotopic (exact) mass is 276 g/mol. The Hall–Kier alpha value is -1.55. The minimum Gasteiger partial charge on any atom is -0.497 e. The van der Waals surface area contributed by atoms with Crippen LogP contribution in [0, 0.1) is 5.92 Å². The van der Waals surface area contributed by atoms with E-state index in [4.69, 9.17) is 4.74 Å². The molecule has 1 fully saturated rings. The number of ether oxygens (including phenoxy) is 1. The molecule has 0 aliphatic carbocycles. The van der Waals surface area contributed by atoms with Gasteiger partial charge in [-0.05, 0) is 30.0 Å². The highest BCUT2D eigenvalue weighted by Crippen LogP contribution is 2.29. The third kappa shape index (κ3) is 2.80. The molecule has 0 spiro atoms. The van der Waals surface area contributed by atoms with E-state index in [-0.39, 0.29) is 24.0 Å². The third-order valence-electron chi connectivity index (χ3n) is 3.74. The van der Waals surface area contributed by atoms with Gasteiger partial charge in [-0.25, -0.2) is 0 Å². The summed E-state index contributed by atoms with van der Waals surface area (Å²) in [7, 11) is 1.66. The number of rotatable bonds is 5. The Labute approximate surface area is 121 Å². The van der Waals surface area contributed by atoms with E-state index in [0.29, 0.717) is 0 Å². The van der Waals surface area contributed by atoms with Gasteiger partial charge in [-0.1, -0.05) is 32.9 Å². The quantitative estimate of drug-likeness (QED) is 0.898. The van der Waals surface area contributed by atoms with E-state index < -0.39 is 0 Å². The number of methoxy groups -OCH3 is 1. The van der Waals surface area contributed by atoms with Gasteiger partial charge in [-0.2, -0.15) is 0 Å². The van der Waals surface area contributed by atoms with Gasteiger partial charge in [-0.3, -0.25) is 10.1 Å². The zero-order valence-electron chi connectivity index (χ0n) is 12.7. The van der Waals surface area contributed by atoms with E-state index in [9.17, 15) is 4.79 Å². The maximum Gasteiger partial charge on any atom is 0.241 e. The molecule has 20 heavy (non-hydrogen) atoms. The van der Waals surface area contributed by atoms with Crippen LogP contribution >= 0.6 is 0 Å². The van der Waals surface area contributed by atoms with Crippen molar-refractivity contribution in [2.75, 3.05) is 13.7 Å². The lowest BCUT2D eigenvalue weighted by molar-refractivity contribution is -0.130. The molecule has 4 nitrogen and oxygen atoms in total. The highest BCUT2D eigenvalue weighted by atomic mass is 16.5. The molecule has 0 radical (unpaired) electrons. The van der Waals surface area contributed by atoms with Crippen LogP contribution in [0.3, 0.4) is 0 Å². The lowest BCUT2D eigenvalue weighted by Gasteiger charge is -2.24. The molecule has 1 saturated heterocycles. The smallest absolute Gasteiger partial charge is 0.241 e. The topological polar surface area (TPSA) is 41.6 Å². The first-order chi connectivity index (χ1) is 9.58. The minimum atomic E-state index is -0.0993. The maximum absolute atomic E-state index is 12.5. The van der Waals surface area contributed by atoms with Crippen LogP contribution < -0.4 is 10.1 Å². The molecule has 1 N–H and O–H groups in total. The highest BCUT2D eigenvalue weighted by molar-refractivity contribution is 5.84. The first kappa shape index (κ1) is 14.9. The van der Waals surface area contributed by atoms with Crippen molar-refractivity contribution in [2.24, 2.45) is 5.92 Å². The zero-order chi connectivity index (χ0) is 14.7. The molecule has 1 aliphatic rings. The molecule has 1 amide bonds. The molecule has 1 aromatic carbocycles. The summed E-state index contributed by atoms with van der Waals surface area (Å²) < 4.78 is 5.28. The van der Waals surface area contributed by atoms with Gasteiger partial charge in [-0.15, -0.1) is 0 Å². The van der Waals surface area contributed by atoms with Crippen molar-refractivity contribution in [1.29, 1.82) is 0 Å². The second-order valence-corrected chi connectivity index (χ2v) is 5.60. The van der Waals surface area contributed by atoms with Gasteiger partial charge in [0.2, 0.25) is 5.91 Å². The zero-order valence-corrected chi connectivity index (χ0v) is 12.7. The fourth-order valence-corrected chi connectivity index (χ4v) is 2.68. The third-order valence-corrected chi connectivity index (χ3v) is 3.74. The van der Waals surface area contributed by atoms with E-state index in [0.717, 1.165) is 24.3 Å². The Morgan fingerprint density at radius 1 is 1.40 bits per heavy atom. The Morgan fingerprint density at radius 2 is 2.15 bits per heavy atom. The summed E-state index contributed by atoms with van der Waals surface area (Å²) in [5.41, 5.74) is 1.08. The first-order valence-electron chi connectivity index (χ1n) is 7.29. The summed E-state index contributed by atoms with van der Waals surface area (Å²) in [6.07, 6.45) is 0.906. The van der Waals surface area contributed by atoms with Gasteiger partial charge >= 0.3 is 0 Å². The van der Waals surface area contributed by atoms with Crippen LogP contribution in [0.25, 0.3) is 0 Å². The molecule has 2 unspecified atom stereocenters. The van der Waals surface area contributed by atoms with Crippen LogP contribution in [-0.4, -0.2) is 30.5 Å². The second kappa shape index (κ2) is 6.27. The number of hydrogen-bond acceptors (Lipinski definition) is 3. The van der Waals surface area contributed by atoms with Crippen molar-refractivity contribution < 1.29 is 9.53 Å². The van der Waals surface area contributed by atoms with Crippen molar-refractivity contribution in [1.82, 2.24) is 10.2 Å². The van der Waals surface area contributed by atoms with Crippen LogP contribution in [0.4, 0.5) is 0 Å². The summed E-state index contributed by atoms with van der Waals surface area (Å²) in [5.74, 6) is 1.31. The predicted molar refractivity (Wildman–Crippen MR) is 79.5 cm³/mol. The van der Waals surface area contributed by atoms with Crippen LogP contribution in [0.1, 0.15) is 38.9 Å². The van der Waals surface area contributed by atoms with Crippen LogP contribution in [-0.2, 0) is 4.79 Å². The van der Waals surface area contributed by atoms with Crippen molar-refractivity contribution in [3.8, 4) is 5.75 Å². The molecule has 2 rings (SSSR count). The normalized spacial score (nSPS) is 22.6. The summed E-state index contributed by atoms with van der Waals surface area (Å²) in [5, 5.41) is 3.46. The molecule has 0 bridgehead atoms. The summed E-state index contributed by atoms with van der Waals surface area (Å²) in [6, 6.07) is 7.82. The second-order valence-electron chi connectivity index (χ2n) is 5.60. The molecule has 2 atom stereocenters. The molecular formula is C16H24N2O2. The number of carbonyl (C=O) groups is 1. The lowest BCUT2D eigenvalue weighted by Crippen LogP contribution is -2.34. The number of amides is 1. The van der Waals surface area contributed by atoms with Crippen LogP contribution in [0.2, 0.25) is 0 Å². The SMILES string of the molecule is CCCN1C(=O)C(C(C)C)NC1c1cccc(OC)c1. The Kier molecular flexibility index (Phi) is 4.65. The average molecular weight is 276 g/mol. The predicted octanol–water partition coefficient (Wildman–Crippen LogP) is 2.56. The Bertz CT molecular complexity index is 473. The Balaban J connectivity index is 2.30. The van der Waals surface area contributed by atoms with Gasteiger partial charge in [0.25, 0.3) is 0 Å². The molecule has 1 heterocycles. The molecule has 4 heteroatoms. The molecular weight excluding hydrogens is 252 g/mol. The van der Waals surface area contributed by atoms with E-state index in [1.54, 1.807) is 7.11 Å². The fourth-order valence-electron chi connectivity index (χ4n) is 2.68. The van der Waals surface area contributed by atoms with Gasteiger partial charge in [0.1, 0.15) is 11.9 Å². The Morgan fingerprint density at radius 3 is 2.75 bits per heavy atom. The van der Waals surface area contributed by atoms with Gasteiger partial charge in [0, 0.05) is 6.54 Å². The summed E-state index contributed by atoms with van der Waals surface area (Å²) in [6.45, 7) is 7.02. The maximum atomic E-state index is 12.5. The van der Waals surface area contributed by atoms with E-state index in [2.05, 4.69) is 26.1 Å². The van der Waals surface area contributed by atoms with Crippen molar-refractivity contribution in [2.45, 2.75) is 39.4 Å². The van der Waals surface area contributed by atoms with Crippen LogP contribution in [0.5, 0.6) is 5.75 Å². The van der Waals surface area contributed by atoms with Crippen LogP contribution in [0.15, 0.2) is 24.3 Å². The largest absolute Gasteiger partial charge is 0.497 e. The standard InChI is InChI=1S/C16H24N2O2/c1-5-9-18-15(17-14(11(2)3)16(18)19)12-7-6-8-13(10-12)20-4/h6-8,10-11,14-15,17H,5,9H2,1-4H3. The molecule has 110 valence electrons. The van der Waals surface area contributed by atoms with Gasteiger partial charge in [0.15, 0.2) is 0 Å². The van der Waals surface area contributed by atoms with E-state index >= 15 is 0 Å². The van der Waals surface area contributed by atoms with E-state index in [1.807, 2.05) is 29.2 Å². The molecule has 1 aliphatic heterocycles. The molecule has 0 saturated carbocycles. The average Bonchev–Trinajstić information content (AvgIpc) is 2.77. The van der Waals surface area contributed by atoms with Gasteiger partial charge < -0.3 is 9.64 Å². The fraction of sp³-hybridized carbons (Fsp3) is 0.562. The number of benzene rings is 1. The highest BCUT2D eigenvalue weighted by Gasteiger charge is 2.40. The lowest BCUT2D eigenvalue weighted by atomic mass is 10.1. The number of nitrogens with one attached hydrogen (secondary N) is 1. The number of nitrogens with zero attached hydrogens (tertiary/aromatic N) is 1. The minimum absolute atomic E-state index is 0.0510. The molecule has 0 aromatic heterocycles. The van der Waals surface area contributed by atoms with E-state index in [1.165, 1.54) is 0 Å². The van der Waals surface area contributed by atoms with Gasteiger partial charge in [0.05, 0.1) is 13.2 Å². The number of carbonyl (C=O) groups excluding carboxylic acids is 1. The molecule has 1 aromatic rings. The summed E-state index contributed by atoms with van der Waals surface area (Å²) >= 11 is 0. The van der Waals surface area contributed by atoms with Crippen molar-refractivity contribution in [3.05, 3.63) is 29.8 Å². The first-order valence-corrected chi connectivity index (χ1v) is 7.29. The summed E-state index contributed by atoms with van der Waals surface area (Å²) in [4.78, 5) is 14.5.